The first-order valence-corrected chi connectivity index (χ1v) is 5.36. The molecule has 1 N–H and O–H groups in total. The van der Waals surface area contributed by atoms with Gasteiger partial charge < -0.3 is 10.2 Å². The molecule has 4 heteroatoms. The Morgan fingerprint density at radius 2 is 2.31 bits per heavy atom. The molecule has 0 atom stereocenters. The van der Waals surface area contributed by atoms with Crippen molar-refractivity contribution in [3.05, 3.63) is 17.5 Å². The number of aryl methyl sites for hydroxylation is 1. The monoisotopic (exact) mass is 218 g/mol. The summed E-state index contributed by atoms with van der Waals surface area (Å²) >= 11 is 0. The van der Waals surface area contributed by atoms with Crippen LogP contribution in [0.25, 0.3) is 0 Å². The highest BCUT2D eigenvalue weighted by Gasteiger charge is 2.05. The first-order chi connectivity index (χ1) is 7.69. The fourth-order valence-corrected chi connectivity index (χ4v) is 1.30. The number of anilines is 1. The largest absolute Gasteiger partial charge is 0.333 e. The Hall–Kier alpha value is -1.60. The Balaban J connectivity index is 2.78. The van der Waals surface area contributed by atoms with Gasteiger partial charge >= 0.3 is 0 Å². The van der Waals surface area contributed by atoms with E-state index in [1.807, 2.05) is 25.1 Å². The Labute approximate surface area is 97.1 Å². The predicted octanol–water partition coefficient (Wildman–Crippen LogP) is 0.964. The Bertz CT molecular complexity index is 381. The molecule has 0 spiro atoms. The summed E-state index contributed by atoms with van der Waals surface area (Å²) in [6.07, 6.45) is 7.10. The van der Waals surface area contributed by atoms with Gasteiger partial charge in [-0.05, 0) is 13.5 Å². The van der Waals surface area contributed by atoms with E-state index in [-0.39, 0.29) is 0 Å². The van der Waals surface area contributed by atoms with Crippen LogP contribution in [-0.2, 0) is 6.54 Å². The van der Waals surface area contributed by atoms with Crippen LogP contribution in [0.3, 0.4) is 0 Å². The van der Waals surface area contributed by atoms with E-state index in [1.165, 1.54) is 0 Å². The van der Waals surface area contributed by atoms with E-state index in [9.17, 15) is 0 Å². The highest BCUT2D eigenvalue weighted by Crippen LogP contribution is 2.09. The third-order valence-corrected chi connectivity index (χ3v) is 2.30. The van der Waals surface area contributed by atoms with Crippen LogP contribution in [0.1, 0.15) is 18.2 Å². The maximum Gasteiger partial charge on any atom is 0.226 e. The zero-order chi connectivity index (χ0) is 12.0. The van der Waals surface area contributed by atoms with Crippen molar-refractivity contribution in [3.8, 4) is 12.3 Å². The van der Waals surface area contributed by atoms with Gasteiger partial charge in [0.2, 0.25) is 5.95 Å². The van der Waals surface area contributed by atoms with Gasteiger partial charge in [-0.2, -0.15) is 0 Å². The van der Waals surface area contributed by atoms with E-state index in [0.717, 1.165) is 24.3 Å². The second-order valence-corrected chi connectivity index (χ2v) is 3.62. The minimum atomic E-state index is 0.520. The number of terminal acetylenes is 1. The van der Waals surface area contributed by atoms with E-state index >= 15 is 0 Å². The number of nitrogens with one attached hydrogen (secondary N) is 1. The summed E-state index contributed by atoms with van der Waals surface area (Å²) in [5, 5.41) is 3.25. The van der Waals surface area contributed by atoms with Gasteiger partial charge in [0.25, 0.3) is 0 Å². The Morgan fingerprint density at radius 1 is 1.56 bits per heavy atom. The van der Waals surface area contributed by atoms with Crippen molar-refractivity contribution < 1.29 is 0 Å². The van der Waals surface area contributed by atoms with Crippen molar-refractivity contribution in [1.29, 1.82) is 0 Å². The quantitative estimate of drug-likeness (QED) is 0.748. The molecule has 0 saturated heterocycles. The number of nitrogens with zero attached hydrogens (tertiary/aromatic N) is 3. The molecule has 0 aromatic carbocycles. The maximum absolute atomic E-state index is 5.24. The molecule has 16 heavy (non-hydrogen) atoms. The summed E-state index contributed by atoms with van der Waals surface area (Å²) in [6, 6.07) is 0. The molecule has 0 fully saturated rings. The number of rotatable bonds is 5. The van der Waals surface area contributed by atoms with Crippen LogP contribution in [0.2, 0.25) is 0 Å². The summed E-state index contributed by atoms with van der Waals surface area (Å²) in [4.78, 5) is 10.6. The maximum atomic E-state index is 5.24. The second kappa shape index (κ2) is 6.09. The van der Waals surface area contributed by atoms with Gasteiger partial charge in [-0.3, -0.25) is 0 Å². The molecule has 0 aliphatic rings. The lowest BCUT2D eigenvalue weighted by molar-refractivity contribution is 0.715. The van der Waals surface area contributed by atoms with Crippen LogP contribution < -0.4 is 10.2 Å². The highest BCUT2D eigenvalue weighted by atomic mass is 15.2. The third kappa shape index (κ3) is 3.21. The lowest BCUT2D eigenvalue weighted by atomic mass is 10.2. The van der Waals surface area contributed by atoms with E-state index in [2.05, 4.69) is 28.1 Å². The first-order valence-electron chi connectivity index (χ1n) is 5.36. The predicted molar refractivity (Wildman–Crippen MR) is 66.3 cm³/mol. The lowest BCUT2D eigenvalue weighted by Crippen LogP contribution is -2.21. The van der Waals surface area contributed by atoms with Gasteiger partial charge in [-0.25, -0.2) is 9.97 Å². The summed E-state index contributed by atoms with van der Waals surface area (Å²) in [7, 11) is 1.89. The van der Waals surface area contributed by atoms with Gasteiger partial charge in [-0.15, -0.1) is 6.42 Å². The number of aromatic nitrogens is 2. The number of hydrogen-bond acceptors (Lipinski definition) is 4. The van der Waals surface area contributed by atoms with E-state index in [1.54, 1.807) is 0 Å². The van der Waals surface area contributed by atoms with Gasteiger partial charge in [0.1, 0.15) is 0 Å². The van der Waals surface area contributed by atoms with E-state index in [4.69, 9.17) is 6.42 Å². The van der Waals surface area contributed by atoms with Crippen molar-refractivity contribution in [3.63, 3.8) is 0 Å². The van der Waals surface area contributed by atoms with Gasteiger partial charge in [-0.1, -0.05) is 12.8 Å². The molecule has 0 radical (unpaired) electrons. The van der Waals surface area contributed by atoms with Crippen LogP contribution in [0.15, 0.2) is 6.20 Å². The van der Waals surface area contributed by atoms with Crippen LogP contribution >= 0.6 is 0 Å². The SMILES string of the molecule is C#CCN(C)c1ncc(CNCC)c(C)n1. The van der Waals surface area contributed by atoms with Crippen LogP contribution in [-0.4, -0.2) is 30.1 Å². The number of hydrogen-bond donors (Lipinski definition) is 1. The summed E-state index contributed by atoms with van der Waals surface area (Å²) in [6.45, 7) is 6.33. The molecule has 1 rings (SSSR count). The average Bonchev–Trinajstić information content (AvgIpc) is 2.27. The molecule has 0 bridgehead atoms. The van der Waals surface area contributed by atoms with Gasteiger partial charge in [0.05, 0.1) is 6.54 Å². The van der Waals surface area contributed by atoms with E-state index < -0.39 is 0 Å². The Morgan fingerprint density at radius 3 is 2.88 bits per heavy atom. The molecule has 4 nitrogen and oxygen atoms in total. The second-order valence-electron chi connectivity index (χ2n) is 3.62. The molecule has 1 heterocycles. The smallest absolute Gasteiger partial charge is 0.226 e. The minimum Gasteiger partial charge on any atom is -0.333 e. The zero-order valence-electron chi connectivity index (χ0n) is 10.1. The molecule has 86 valence electrons. The first kappa shape index (κ1) is 12.5. The zero-order valence-corrected chi connectivity index (χ0v) is 10.1. The molecule has 0 unspecified atom stereocenters. The van der Waals surface area contributed by atoms with Gasteiger partial charge in [0.15, 0.2) is 0 Å². The van der Waals surface area contributed by atoms with Crippen molar-refractivity contribution in [2.75, 3.05) is 25.0 Å². The van der Waals surface area contributed by atoms with Crippen molar-refractivity contribution in [1.82, 2.24) is 15.3 Å². The lowest BCUT2D eigenvalue weighted by Gasteiger charge is -2.15. The molecular weight excluding hydrogens is 200 g/mol. The summed E-state index contributed by atoms with van der Waals surface area (Å²) in [5.41, 5.74) is 2.12. The highest BCUT2D eigenvalue weighted by molar-refractivity contribution is 5.33. The molecule has 0 aliphatic carbocycles. The van der Waals surface area contributed by atoms with E-state index in [0.29, 0.717) is 12.5 Å². The summed E-state index contributed by atoms with van der Waals surface area (Å²) in [5.74, 6) is 3.24. The topological polar surface area (TPSA) is 41.1 Å². The third-order valence-electron chi connectivity index (χ3n) is 2.30. The molecule has 0 amide bonds. The molecule has 1 aromatic heterocycles. The molecule has 0 saturated carbocycles. The van der Waals surface area contributed by atoms with Gasteiger partial charge in [0, 0.05) is 31.0 Å². The van der Waals surface area contributed by atoms with Crippen molar-refractivity contribution in [2.24, 2.45) is 0 Å². The normalized spacial score (nSPS) is 9.88. The molecular formula is C12H18N4. The fraction of sp³-hybridized carbons (Fsp3) is 0.500. The fourth-order valence-electron chi connectivity index (χ4n) is 1.30. The standard InChI is InChI=1S/C12H18N4/c1-5-7-16(4)12-14-9-11(8-13-6-2)10(3)15-12/h1,9,13H,6-8H2,2-4H3. The van der Waals surface area contributed by atoms with Crippen LogP contribution in [0.4, 0.5) is 5.95 Å². The molecule has 0 aliphatic heterocycles. The van der Waals surface area contributed by atoms with Crippen LogP contribution in [0.5, 0.6) is 0 Å². The van der Waals surface area contributed by atoms with Crippen molar-refractivity contribution >= 4 is 5.95 Å². The van der Waals surface area contributed by atoms with Crippen LogP contribution in [0, 0.1) is 19.3 Å². The average molecular weight is 218 g/mol. The summed E-state index contributed by atoms with van der Waals surface area (Å²) < 4.78 is 0. The van der Waals surface area contributed by atoms with Crippen molar-refractivity contribution in [2.45, 2.75) is 20.4 Å². The minimum absolute atomic E-state index is 0.520. The Kier molecular flexibility index (Phi) is 4.74. The molecule has 1 aromatic rings.